The fraction of sp³-hybridized carbons (Fsp3) is 0.652. The lowest BCUT2D eigenvalue weighted by Crippen LogP contribution is -2.58. The van der Waals surface area contributed by atoms with Crippen LogP contribution in [0.1, 0.15) is 56.3 Å². The van der Waals surface area contributed by atoms with Crippen LogP contribution in [0.5, 0.6) is 0 Å². The zero-order valence-corrected chi connectivity index (χ0v) is 19.5. The number of hydrogen-bond donors (Lipinski definition) is 1. The standard InChI is InChI=1S/C23H33Cl2N3O2/c1-3-16(2)15-26-22(29)21(17-6-4-5-7-17)27-10-12-28(13-11-27)23(30)18-8-9-19(24)20(25)14-18/h8-9,14,16-17,21H,3-7,10-13,15H2,1-2H3,(H,26,29)/t16-,21+/m0/s1. The Morgan fingerprint density at radius 1 is 1.10 bits per heavy atom. The first kappa shape index (κ1) is 23.4. The molecule has 1 saturated heterocycles. The summed E-state index contributed by atoms with van der Waals surface area (Å²) in [7, 11) is 0. The van der Waals surface area contributed by atoms with Gasteiger partial charge in [-0.05, 0) is 42.9 Å². The predicted molar refractivity (Wildman–Crippen MR) is 122 cm³/mol. The maximum atomic E-state index is 13.1. The molecule has 7 heteroatoms. The maximum absolute atomic E-state index is 13.1. The molecule has 2 fully saturated rings. The van der Waals surface area contributed by atoms with Crippen molar-refractivity contribution in [2.75, 3.05) is 32.7 Å². The number of nitrogens with zero attached hydrogens (tertiary/aromatic N) is 2. The Bertz CT molecular complexity index is 744. The first-order valence-electron chi connectivity index (χ1n) is 11.2. The summed E-state index contributed by atoms with van der Waals surface area (Å²) in [5.41, 5.74) is 0.552. The van der Waals surface area contributed by atoms with Crippen molar-refractivity contribution in [1.29, 1.82) is 0 Å². The normalized spacial score (nSPS) is 20.2. The first-order chi connectivity index (χ1) is 14.4. The monoisotopic (exact) mass is 453 g/mol. The number of hydrogen-bond acceptors (Lipinski definition) is 3. The maximum Gasteiger partial charge on any atom is 0.253 e. The van der Waals surface area contributed by atoms with Crippen LogP contribution >= 0.6 is 23.2 Å². The van der Waals surface area contributed by atoms with Crippen molar-refractivity contribution in [2.45, 2.75) is 52.0 Å². The Hall–Kier alpha value is -1.30. The average Bonchev–Trinajstić information content (AvgIpc) is 3.28. The lowest BCUT2D eigenvalue weighted by atomic mass is 9.94. The van der Waals surface area contributed by atoms with Gasteiger partial charge in [-0.2, -0.15) is 0 Å². The number of amides is 2. The molecule has 0 bridgehead atoms. The Kier molecular flexibility index (Phi) is 8.44. The fourth-order valence-electron chi connectivity index (χ4n) is 4.49. The summed E-state index contributed by atoms with van der Waals surface area (Å²) in [6, 6.07) is 4.92. The number of piperazine rings is 1. The smallest absolute Gasteiger partial charge is 0.253 e. The summed E-state index contributed by atoms with van der Waals surface area (Å²) in [5, 5.41) is 4.03. The quantitative estimate of drug-likeness (QED) is 0.662. The van der Waals surface area contributed by atoms with Crippen molar-refractivity contribution in [3.05, 3.63) is 33.8 Å². The van der Waals surface area contributed by atoms with E-state index >= 15 is 0 Å². The summed E-state index contributed by atoms with van der Waals surface area (Å²) in [4.78, 5) is 30.1. The molecule has 1 aromatic carbocycles. The van der Waals surface area contributed by atoms with Gasteiger partial charge in [0.05, 0.1) is 16.1 Å². The highest BCUT2D eigenvalue weighted by Gasteiger charge is 2.37. The summed E-state index contributed by atoms with van der Waals surface area (Å²) in [6.45, 7) is 7.69. The second kappa shape index (κ2) is 10.8. The molecule has 2 aliphatic rings. The van der Waals surface area contributed by atoms with Crippen LogP contribution in [0.3, 0.4) is 0 Å². The molecule has 3 rings (SSSR count). The van der Waals surface area contributed by atoms with Gasteiger partial charge in [-0.1, -0.05) is 56.3 Å². The minimum Gasteiger partial charge on any atom is -0.354 e. The Labute approximate surface area is 190 Å². The van der Waals surface area contributed by atoms with E-state index in [0.29, 0.717) is 53.6 Å². The van der Waals surface area contributed by atoms with Gasteiger partial charge >= 0.3 is 0 Å². The first-order valence-corrected chi connectivity index (χ1v) is 11.9. The SMILES string of the molecule is CC[C@H](C)CNC(=O)[C@@H](C1CCCC1)N1CCN(C(=O)c2ccc(Cl)c(Cl)c2)CC1. The van der Waals surface area contributed by atoms with Crippen LogP contribution in [0.2, 0.25) is 10.0 Å². The minimum atomic E-state index is -0.0845. The minimum absolute atomic E-state index is 0.0353. The van der Waals surface area contributed by atoms with E-state index in [-0.39, 0.29) is 17.9 Å². The van der Waals surface area contributed by atoms with E-state index in [1.54, 1.807) is 18.2 Å². The lowest BCUT2D eigenvalue weighted by Gasteiger charge is -2.41. The predicted octanol–water partition coefficient (Wildman–Crippen LogP) is 4.47. The number of halogens is 2. The van der Waals surface area contributed by atoms with Gasteiger partial charge in [0.15, 0.2) is 0 Å². The zero-order chi connectivity index (χ0) is 21.7. The molecular formula is C23H33Cl2N3O2. The van der Waals surface area contributed by atoms with Crippen LogP contribution in [-0.4, -0.2) is 60.4 Å². The highest BCUT2D eigenvalue weighted by Crippen LogP contribution is 2.31. The molecule has 1 aliphatic carbocycles. The van der Waals surface area contributed by atoms with Crippen molar-refractivity contribution in [2.24, 2.45) is 11.8 Å². The third-order valence-corrected chi connectivity index (χ3v) is 7.34. The molecule has 1 aliphatic heterocycles. The van der Waals surface area contributed by atoms with Crippen LogP contribution in [0.15, 0.2) is 18.2 Å². The van der Waals surface area contributed by atoms with E-state index in [0.717, 1.165) is 25.8 Å². The molecule has 2 atom stereocenters. The van der Waals surface area contributed by atoms with Crippen molar-refractivity contribution in [3.63, 3.8) is 0 Å². The molecule has 1 heterocycles. The Morgan fingerprint density at radius 2 is 1.77 bits per heavy atom. The van der Waals surface area contributed by atoms with Crippen molar-refractivity contribution < 1.29 is 9.59 Å². The van der Waals surface area contributed by atoms with Gasteiger partial charge in [0, 0.05) is 38.3 Å². The summed E-state index contributed by atoms with van der Waals surface area (Å²) >= 11 is 12.0. The van der Waals surface area contributed by atoms with Gasteiger partial charge in [0.25, 0.3) is 5.91 Å². The second-order valence-corrected chi connectivity index (χ2v) is 9.52. The third-order valence-electron chi connectivity index (χ3n) is 6.60. The number of benzene rings is 1. The van der Waals surface area contributed by atoms with E-state index in [4.69, 9.17) is 23.2 Å². The van der Waals surface area contributed by atoms with Gasteiger partial charge in [-0.15, -0.1) is 0 Å². The van der Waals surface area contributed by atoms with Crippen LogP contribution in [0.4, 0.5) is 0 Å². The molecule has 5 nitrogen and oxygen atoms in total. The molecule has 2 amide bonds. The largest absolute Gasteiger partial charge is 0.354 e. The van der Waals surface area contributed by atoms with E-state index in [2.05, 4.69) is 24.1 Å². The second-order valence-electron chi connectivity index (χ2n) is 8.71. The molecule has 0 radical (unpaired) electrons. The Balaban J connectivity index is 1.62. The van der Waals surface area contributed by atoms with Crippen molar-refractivity contribution in [1.82, 2.24) is 15.1 Å². The topological polar surface area (TPSA) is 52.7 Å². The van der Waals surface area contributed by atoms with E-state index < -0.39 is 0 Å². The summed E-state index contributed by atoms with van der Waals surface area (Å²) in [5.74, 6) is 1.02. The van der Waals surface area contributed by atoms with Crippen LogP contribution in [-0.2, 0) is 4.79 Å². The molecule has 0 unspecified atom stereocenters. The molecule has 1 aromatic rings. The van der Waals surface area contributed by atoms with E-state index in [1.807, 2.05) is 4.90 Å². The molecule has 0 spiro atoms. The zero-order valence-electron chi connectivity index (χ0n) is 18.0. The molecule has 166 valence electrons. The van der Waals surface area contributed by atoms with Gasteiger partial charge in [-0.3, -0.25) is 14.5 Å². The van der Waals surface area contributed by atoms with Crippen LogP contribution in [0.25, 0.3) is 0 Å². The van der Waals surface area contributed by atoms with E-state index in [9.17, 15) is 9.59 Å². The van der Waals surface area contributed by atoms with Gasteiger partial charge in [0.2, 0.25) is 5.91 Å². The highest BCUT2D eigenvalue weighted by atomic mass is 35.5. The van der Waals surface area contributed by atoms with Gasteiger partial charge < -0.3 is 10.2 Å². The van der Waals surface area contributed by atoms with Gasteiger partial charge in [0.1, 0.15) is 0 Å². The van der Waals surface area contributed by atoms with Crippen molar-refractivity contribution in [3.8, 4) is 0 Å². The highest BCUT2D eigenvalue weighted by molar-refractivity contribution is 6.42. The van der Waals surface area contributed by atoms with Crippen molar-refractivity contribution >= 4 is 35.0 Å². The number of carbonyl (C=O) groups excluding carboxylic acids is 2. The molecular weight excluding hydrogens is 421 g/mol. The number of nitrogens with one attached hydrogen (secondary N) is 1. The number of rotatable bonds is 7. The molecule has 1 N–H and O–H groups in total. The molecule has 0 aromatic heterocycles. The summed E-state index contributed by atoms with van der Waals surface area (Å²) < 4.78 is 0. The van der Waals surface area contributed by atoms with E-state index in [1.165, 1.54) is 12.8 Å². The Morgan fingerprint density at radius 3 is 2.37 bits per heavy atom. The number of carbonyl (C=O) groups is 2. The fourth-order valence-corrected chi connectivity index (χ4v) is 4.79. The third kappa shape index (κ3) is 5.68. The summed E-state index contributed by atoms with van der Waals surface area (Å²) in [6.07, 6.45) is 5.70. The van der Waals surface area contributed by atoms with Crippen LogP contribution < -0.4 is 5.32 Å². The molecule has 1 saturated carbocycles. The van der Waals surface area contributed by atoms with Crippen LogP contribution in [0, 0.1) is 11.8 Å². The molecule has 30 heavy (non-hydrogen) atoms. The lowest BCUT2D eigenvalue weighted by molar-refractivity contribution is -0.129. The average molecular weight is 454 g/mol. The van der Waals surface area contributed by atoms with Gasteiger partial charge in [-0.25, -0.2) is 0 Å².